The van der Waals surface area contributed by atoms with Gasteiger partial charge in [-0.3, -0.25) is 9.36 Å². The van der Waals surface area contributed by atoms with Crippen LogP contribution in [0, 0.1) is 11.3 Å². The minimum absolute atomic E-state index is 0.166. The van der Waals surface area contributed by atoms with E-state index in [-0.39, 0.29) is 28.4 Å². The molecule has 0 unspecified atom stereocenters. The lowest BCUT2D eigenvalue weighted by Crippen LogP contribution is -2.48. The molecule has 2 fully saturated rings. The molecule has 29 heavy (non-hydrogen) atoms. The highest BCUT2D eigenvalue weighted by atomic mass is 35.5. The molecule has 0 radical (unpaired) electrons. The van der Waals surface area contributed by atoms with E-state index in [0.717, 1.165) is 32.4 Å². The van der Waals surface area contributed by atoms with Crippen molar-refractivity contribution in [2.75, 3.05) is 23.7 Å². The number of aromatic nitrogens is 2. The van der Waals surface area contributed by atoms with Crippen LogP contribution in [-0.2, 0) is 7.05 Å². The molecular weight excluding hydrogens is 409 g/mol. The van der Waals surface area contributed by atoms with E-state index in [0.29, 0.717) is 27.5 Å². The molecule has 2 aliphatic rings. The second-order valence-electron chi connectivity index (χ2n) is 8.64. The van der Waals surface area contributed by atoms with E-state index in [1.54, 1.807) is 29.8 Å². The molecule has 0 bridgehead atoms. The Morgan fingerprint density at radius 3 is 2.55 bits per heavy atom. The van der Waals surface area contributed by atoms with Crippen molar-refractivity contribution in [1.82, 2.24) is 9.55 Å². The van der Waals surface area contributed by atoms with Gasteiger partial charge in [0.05, 0.1) is 15.6 Å². The standard InChI is InChI=1S/C21H27Cl2N5O/c1-12-10-15(24)21(11-12)6-8-28(9-7-21)20-26-18(25)16(19(29)27(20)2)13-4-3-5-14(22)17(13)23/h3-5,12,15H,6-11,24-25H2,1-2H3/t12-,15+/m0/s1. The van der Waals surface area contributed by atoms with Crippen molar-refractivity contribution in [1.29, 1.82) is 0 Å². The third-order valence-electron chi connectivity index (χ3n) is 6.76. The molecule has 1 aliphatic heterocycles. The fourth-order valence-electron chi connectivity index (χ4n) is 5.18. The SMILES string of the molecule is C[C@H]1C[C@@H](N)C2(CCN(c3nc(N)c(-c4cccc(Cl)c4Cl)c(=O)n3C)CC2)C1. The average Bonchev–Trinajstić information content (AvgIpc) is 2.95. The molecule has 1 aromatic heterocycles. The van der Waals surface area contributed by atoms with Crippen LogP contribution in [0.15, 0.2) is 23.0 Å². The minimum atomic E-state index is -0.233. The van der Waals surface area contributed by atoms with E-state index >= 15 is 0 Å². The molecule has 6 nitrogen and oxygen atoms in total. The maximum atomic E-state index is 13.2. The molecule has 1 aromatic carbocycles. The summed E-state index contributed by atoms with van der Waals surface area (Å²) in [7, 11) is 1.72. The fourth-order valence-corrected chi connectivity index (χ4v) is 5.57. The average molecular weight is 436 g/mol. The largest absolute Gasteiger partial charge is 0.383 e. The van der Waals surface area contributed by atoms with E-state index in [1.807, 2.05) is 0 Å². The Kier molecular flexibility index (Phi) is 5.30. The number of benzene rings is 1. The van der Waals surface area contributed by atoms with Crippen molar-refractivity contribution < 1.29 is 0 Å². The van der Waals surface area contributed by atoms with Gasteiger partial charge in [0.25, 0.3) is 5.56 Å². The predicted molar refractivity (Wildman–Crippen MR) is 120 cm³/mol. The van der Waals surface area contributed by atoms with Gasteiger partial charge in [-0.25, -0.2) is 0 Å². The highest BCUT2D eigenvalue weighted by molar-refractivity contribution is 6.43. The highest BCUT2D eigenvalue weighted by Crippen LogP contribution is 2.48. The summed E-state index contributed by atoms with van der Waals surface area (Å²) in [5.41, 5.74) is 13.5. The fraction of sp³-hybridized carbons (Fsp3) is 0.524. The molecule has 4 N–H and O–H groups in total. The van der Waals surface area contributed by atoms with E-state index in [9.17, 15) is 4.79 Å². The van der Waals surface area contributed by atoms with Gasteiger partial charge in [-0.1, -0.05) is 42.3 Å². The Bertz CT molecular complexity index is 997. The zero-order chi connectivity index (χ0) is 20.9. The molecule has 2 aromatic rings. The van der Waals surface area contributed by atoms with E-state index in [1.165, 1.54) is 6.42 Å². The van der Waals surface area contributed by atoms with Crippen LogP contribution in [0.5, 0.6) is 0 Å². The van der Waals surface area contributed by atoms with Gasteiger partial charge in [-0.05, 0) is 43.1 Å². The van der Waals surface area contributed by atoms with E-state index < -0.39 is 0 Å². The summed E-state index contributed by atoms with van der Waals surface area (Å²) >= 11 is 12.4. The first-order valence-electron chi connectivity index (χ1n) is 10.0. The summed E-state index contributed by atoms with van der Waals surface area (Å²) in [5.74, 6) is 1.43. The molecule has 2 atom stereocenters. The minimum Gasteiger partial charge on any atom is -0.383 e. The number of nitrogen functional groups attached to an aromatic ring is 1. The summed E-state index contributed by atoms with van der Waals surface area (Å²) < 4.78 is 1.55. The Balaban J connectivity index is 1.66. The Morgan fingerprint density at radius 2 is 1.93 bits per heavy atom. The number of piperidine rings is 1. The van der Waals surface area contributed by atoms with Crippen LogP contribution in [0.2, 0.25) is 10.0 Å². The van der Waals surface area contributed by atoms with Crippen LogP contribution in [0.4, 0.5) is 11.8 Å². The van der Waals surface area contributed by atoms with E-state index in [4.69, 9.17) is 34.7 Å². The number of rotatable bonds is 2. The molecular formula is C21H27Cl2N5O. The first-order chi connectivity index (χ1) is 13.7. The van der Waals surface area contributed by atoms with Crippen molar-refractivity contribution in [3.8, 4) is 11.1 Å². The molecule has 2 heterocycles. The van der Waals surface area contributed by atoms with Crippen LogP contribution in [-0.4, -0.2) is 28.7 Å². The second-order valence-corrected chi connectivity index (χ2v) is 9.42. The maximum absolute atomic E-state index is 13.2. The van der Waals surface area contributed by atoms with Gasteiger partial charge in [-0.15, -0.1) is 0 Å². The van der Waals surface area contributed by atoms with Gasteiger partial charge in [-0.2, -0.15) is 4.98 Å². The number of nitrogens with two attached hydrogens (primary N) is 2. The van der Waals surface area contributed by atoms with Gasteiger partial charge in [0.15, 0.2) is 0 Å². The van der Waals surface area contributed by atoms with Gasteiger partial charge in [0.2, 0.25) is 5.95 Å². The lowest BCUT2D eigenvalue weighted by molar-refractivity contribution is 0.192. The van der Waals surface area contributed by atoms with Crippen LogP contribution in [0.25, 0.3) is 11.1 Å². The smallest absolute Gasteiger partial charge is 0.264 e. The zero-order valence-electron chi connectivity index (χ0n) is 16.8. The molecule has 0 amide bonds. The van der Waals surface area contributed by atoms with Crippen molar-refractivity contribution >= 4 is 35.0 Å². The van der Waals surface area contributed by atoms with Crippen LogP contribution in [0.3, 0.4) is 0 Å². The predicted octanol–water partition coefficient (Wildman–Crippen LogP) is 3.68. The van der Waals surface area contributed by atoms with Gasteiger partial charge >= 0.3 is 0 Å². The molecule has 1 saturated heterocycles. The van der Waals surface area contributed by atoms with Gasteiger partial charge < -0.3 is 16.4 Å². The van der Waals surface area contributed by atoms with Crippen molar-refractivity contribution in [3.05, 3.63) is 38.6 Å². The summed E-state index contributed by atoms with van der Waals surface area (Å²) in [6, 6.07) is 5.41. The van der Waals surface area contributed by atoms with Gasteiger partial charge in [0, 0.05) is 31.7 Å². The summed E-state index contributed by atoms with van der Waals surface area (Å²) in [5, 5.41) is 0.676. The van der Waals surface area contributed by atoms with Crippen LogP contribution in [0.1, 0.15) is 32.6 Å². The highest BCUT2D eigenvalue weighted by Gasteiger charge is 2.46. The van der Waals surface area contributed by atoms with Crippen molar-refractivity contribution in [2.45, 2.75) is 38.6 Å². The van der Waals surface area contributed by atoms with E-state index in [2.05, 4.69) is 16.8 Å². The number of halogens is 2. The number of anilines is 2. The molecule has 1 spiro atoms. The monoisotopic (exact) mass is 435 g/mol. The molecule has 1 saturated carbocycles. The van der Waals surface area contributed by atoms with Crippen molar-refractivity contribution in [2.24, 2.45) is 24.1 Å². The lowest BCUT2D eigenvalue weighted by atomic mass is 9.74. The quantitative estimate of drug-likeness (QED) is 0.750. The number of hydrogen-bond acceptors (Lipinski definition) is 5. The second kappa shape index (κ2) is 7.49. The molecule has 156 valence electrons. The van der Waals surface area contributed by atoms with Crippen molar-refractivity contribution in [3.63, 3.8) is 0 Å². The summed E-state index contributed by atoms with van der Waals surface area (Å²) in [6.07, 6.45) is 4.30. The number of nitrogens with zero attached hydrogens (tertiary/aromatic N) is 3. The normalized spacial score (nSPS) is 23.7. The van der Waals surface area contributed by atoms with Crippen LogP contribution >= 0.6 is 23.2 Å². The Hall–Kier alpha value is -1.76. The number of hydrogen-bond donors (Lipinski definition) is 2. The zero-order valence-corrected chi connectivity index (χ0v) is 18.3. The first kappa shape index (κ1) is 20.5. The van der Waals surface area contributed by atoms with Gasteiger partial charge in [0.1, 0.15) is 5.82 Å². The molecule has 1 aliphatic carbocycles. The topological polar surface area (TPSA) is 90.2 Å². The maximum Gasteiger partial charge on any atom is 0.264 e. The molecule has 8 heteroatoms. The molecule has 4 rings (SSSR count). The third-order valence-corrected chi connectivity index (χ3v) is 7.57. The Labute approximate surface area is 180 Å². The lowest BCUT2D eigenvalue weighted by Gasteiger charge is -2.42. The van der Waals surface area contributed by atoms with Crippen LogP contribution < -0.4 is 21.9 Å². The summed E-state index contributed by atoms with van der Waals surface area (Å²) in [4.78, 5) is 19.9. The Morgan fingerprint density at radius 1 is 1.24 bits per heavy atom. The third kappa shape index (κ3) is 3.41. The first-order valence-corrected chi connectivity index (χ1v) is 10.8. The summed E-state index contributed by atoms with van der Waals surface area (Å²) in [6.45, 7) is 3.92.